The molecule has 9 heteroatoms. The first-order valence-corrected chi connectivity index (χ1v) is 7.21. The van der Waals surface area contributed by atoms with E-state index in [2.05, 4.69) is 20.9 Å². The molecule has 0 atom stereocenters. The van der Waals surface area contributed by atoms with Gasteiger partial charge in [-0.25, -0.2) is 8.78 Å². The largest absolute Gasteiger partial charge is 0.383 e. The maximum Gasteiger partial charge on any atom is 0.239 e. The number of guanidine groups is 1. The Morgan fingerprint density at radius 1 is 1.21 bits per heavy atom. The number of carbonyl (C=O) groups is 1. The minimum absolute atomic E-state index is 0. The predicted molar refractivity (Wildman–Crippen MR) is 99.7 cm³/mol. The molecule has 3 N–H and O–H groups in total. The Morgan fingerprint density at radius 2 is 1.96 bits per heavy atom. The van der Waals surface area contributed by atoms with Crippen LogP contribution in [-0.2, 0) is 16.0 Å². The van der Waals surface area contributed by atoms with Crippen LogP contribution in [0, 0.1) is 11.6 Å². The lowest BCUT2D eigenvalue weighted by Gasteiger charge is -2.12. The quantitative estimate of drug-likeness (QED) is 0.237. The summed E-state index contributed by atoms with van der Waals surface area (Å²) in [4.78, 5) is 15.5. The number of aliphatic imine (C=N–C) groups is 1. The highest BCUT2D eigenvalue weighted by Crippen LogP contribution is 2.09. The lowest BCUT2D eigenvalue weighted by atomic mass is 10.1. The van der Waals surface area contributed by atoms with Crippen molar-refractivity contribution in [1.29, 1.82) is 0 Å². The maximum absolute atomic E-state index is 13.5. The van der Waals surface area contributed by atoms with Gasteiger partial charge in [0, 0.05) is 27.2 Å². The van der Waals surface area contributed by atoms with Crippen molar-refractivity contribution in [2.24, 2.45) is 4.99 Å². The molecule has 0 aliphatic carbocycles. The van der Waals surface area contributed by atoms with Gasteiger partial charge >= 0.3 is 0 Å². The number of halogens is 3. The molecule has 0 unspecified atom stereocenters. The molecular weight excluding hydrogens is 433 g/mol. The van der Waals surface area contributed by atoms with Crippen molar-refractivity contribution in [3.8, 4) is 0 Å². The number of rotatable bonds is 8. The Bertz CT molecular complexity index is 544. The second-order valence-corrected chi connectivity index (χ2v) is 4.68. The molecule has 1 aromatic carbocycles. The van der Waals surface area contributed by atoms with Crippen molar-refractivity contribution in [1.82, 2.24) is 16.0 Å². The highest BCUT2D eigenvalue weighted by molar-refractivity contribution is 14.0. The first-order valence-electron chi connectivity index (χ1n) is 7.21. The van der Waals surface area contributed by atoms with Crippen molar-refractivity contribution in [2.45, 2.75) is 6.42 Å². The molecule has 0 spiro atoms. The zero-order chi connectivity index (χ0) is 17.1. The van der Waals surface area contributed by atoms with Crippen LogP contribution >= 0.6 is 24.0 Å². The van der Waals surface area contributed by atoms with Crippen LogP contribution in [0.4, 0.5) is 8.78 Å². The fourth-order valence-electron chi connectivity index (χ4n) is 1.79. The summed E-state index contributed by atoms with van der Waals surface area (Å²) >= 11 is 0. The van der Waals surface area contributed by atoms with E-state index in [9.17, 15) is 13.6 Å². The van der Waals surface area contributed by atoms with Gasteiger partial charge in [0.05, 0.1) is 13.2 Å². The van der Waals surface area contributed by atoms with Crippen LogP contribution in [0.15, 0.2) is 23.2 Å². The minimum atomic E-state index is -0.475. The normalized spacial score (nSPS) is 10.8. The second kappa shape index (κ2) is 12.9. The van der Waals surface area contributed by atoms with Gasteiger partial charge in [0.25, 0.3) is 0 Å². The van der Waals surface area contributed by atoms with Crippen molar-refractivity contribution in [2.75, 3.05) is 40.4 Å². The molecule has 0 aromatic heterocycles. The van der Waals surface area contributed by atoms with Crippen LogP contribution < -0.4 is 16.0 Å². The summed E-state index contributed by atoms with van der Waals surface area (Å²) in [5, 5.41) is 8.42. The standard InChI is InChI=1S/C15H22F2N4O2.HI/c1-18-15(21-10-14(22)19-7-8-23-2)20-6-5-11-9-12(16)3-4-13(11)17;/h3-4,9H,5-8,10H2,1-2H3,(H,19,22)(H2,18,20,21);1H. The molecule has 1 aromatic rings. The van der Waals surface area contributed by atoms with Gasteiger partial charge in [-0.2, -0.15) is 0 Å². The van der Waals surface area contributed by atoms with Crippen LogP contribution in [0.5, 0.6) is 0 Å². The average molecular weight is 456 g/mol. The Morgan fingerprint density at radius 3 is 2.62 bits per heavy atom. The third kappa shape index (κ3) is 8.96. The first kappa shape index (κ1) is 22.5. The molecule has 1 rings (SSSR count). The van der Waals surface area contributed by atoms with Gasteiger partial charge in [-0.05, 0) is 30.2 Å². The predicted octanol–water partition coefficient (Wildman–Crippen LogP) is 1.05. The van der Waals surface area contributed by atoms with Crippen molar-refractivity contribution in [3.63, 3.8) is 0 Å². The van der Waals surface area contributed by atoms with Gasteiger partial charge in [-0.3, -0.25) is 9.79 Å². The summed E-state index contributed by atoms with van der Waals surface area (Å²) in [6.45, 7) is 1.28. The average Bonchev–Trinajstić information content (AvgIpc) is 2.54. The number of hydrogen-bond acceptors (Lipinski definition) is 3. The van der Waals surface area contributed by atoms with Crippen LogP contribution in [0.1, 0.15) is 5.56 Å². The summed E-state index contributed by atoms with van der Waals surface area (Å²) in [5.41, 5.74) is 0.283. The molecule has 0 aliphatic heterocycles. The van der Waals surface area contributed by atoms with Gasteiger partial charge in [0.1, 0.15) is 11.6 Å². The van der Waals surface area contributed by atoms with Crippen LogP contribution in [-0.4, -0.2) is 52.3 Å². The fraction of sp³-hybridized carbons (Fsp3) is 0.467. The Balaban J connectivity index is 0.00000529. The van der Waals surface area contributed by atoms with Gasteiger partial charge in [-0.15, -0.1) is 24.0 Å². The van der Waals surface area contributed by atoms with E-state index in [4.69, 9.17) is 4.74 Å². The molecule has 136 valence electrons. The zero-order valence-corrected chi connectivity index (χ0v) is 16.0. The number of amides is 1. The monoisotopic (exact) mass is 456 g/mol. The number of ether oxygens (including phenoxy) is 1. The van der Waals surface area contributed by atoms with E-state index in [0.717, 1.165) is 18.2 Å². The second-order valence-electron chi connectivity index (χ2n) is 4.68. The van der Waals surface area contributed by atoms with Crippen molar-refractivity contribution < 1.29 is 18.3 Å². The van der Waals surface area contributed by atoms with Gasteiger partial charge in [0.2, 0.25) is 5.91 Å². The summed E-state index contributed by atoms with van der Waals surface area (Å²) in [5.74, 6) is -0.713. The van der Waals surface area contributed by atoms with Crippen LogP contribution in [0.25, 0.3) is 0 Å². The molecule has 0 aliphatic rings. The molecule has 6 nitrogen and oxygen atoms in total. The Labute approximate surface area is 157 Å². The summed E-state index contributed by atoms with van der Waals surface area (Å²) in [6.07, 6.45) is 0.296. The smallest absolute Gasteiger partial charge is 0.239 e. The number of nitrogens with one attached hydrogen (secondary N) is 3. The molecular formula is C15H23F2IN4O2. The molecule has 24 heavy (non-hydrogen) atoms. The molecule has 0 saturated heterocycles. The number of hydrogen-bond donors (Lipinski definition) is 3. The number of benzene rings is 1. The van der Waals surface area contributed by atoms with Gasteiger partial charge < -0.3 is 20.7 Å². The van der Waals surface area contributed by atoms with Crippen LogP contribution in [0.2, 0.25) is 0 Å². The van der Waals surface area contributed by atoms with Gasteiger partial charge in [-0.1, -0.05) is 0 Å². The fourth-order valence-corrected chi connectivity index (χ4v) is 1.79. The van der Waals surface area contributed by atoms with E-state index < -0.39 is 11.6 Å². The lowest BCUT2D eigenvalue weighted by molar-refractivity contribution is -0.120. The van der Waals surface area contributed by atoms with E-state index >= 15 is 0 Å². The zero-order valence-electron chi connectivity index (χ0n) is 13.7. The van der Waals surface area contributed by atoms with E-state index in [1.807, 2.05) is 0 Å². The highest BCUT2D eigenvalue weighted by atomic mass is 127. The minimum Gasteiger partial charge on any atom is -0.383 e. The van der Waals surface area contributed by atoms with E-state index in [-0.39, 0.29) is 42.0 Å². The lowest BCUT2D eigenvalue weighted by Crippen LogP contribution is -2.44. The Kier molecular flexibility index (Phi) is 12.1. The number of methoxy groups -OCH3 is 1. The molecule has 0 saturated carbocycles. The molecule has 0 heterocycles. The topological polar surface area (TPSA) is 74.8 Å². The third-order valence-corrected chi connectivity index (χ3v) is 2.96. The maximum atomic E-state index is 13.5. The van der Waals surface area contributed by atoms with Crippen molar-refractivity contribution >= 4 is 35.8 Å². The number of carbonyl (C=O) groups excluding carboxylic acids is 1. The van der Waals surface area contributed by atoms with E-state index in [1.165, 1.54) is 0 Å². The highest BCUT2D eigenvalue weighted by Gasteiger charge is 2.06. The molecule has 0 bridgehead atoms. The molecule has 1 amide bonds. The third-order valence-electron chi connectivity index (χ3n) is 2.96. The van der Waals surface area contributed by atoms with E-state index in [1.54, 1.807) is 14.2 Å². The van der Waals surface area contributed by atoms with Crippen LogP contribution in [0.3, 0.4) is 0 Å². The number of nitrogens with zero attached hydrogens (tertiary/aromatic N) is 1. The molecule has 0 radical (unpaired) electrons. The first-order chi connectivity index (χ1) is 11.1. The van der Waals surface area contributed by atoms with E-state index in [0.29, 0.717) is 32.1 Å². The summed E-state index contributed by atoms with van der Waals surface area (Å²) in [7, 11) is 3.11. The van der Waals surface area contributed by atoms with Gasteiger partial charge in [0.15, 0.2) is 5.96 Å². The SMILES string of the molecule is CN=C(NCCc1cc(F)ccc1F)NCC(=O)NCCOC.I. The Hall–Kier alpha value is -1.49. The molecule has 0 fully saturated rings. The summed E-state index contributed by atoms with van der Waals surface area (Å²) in [6, 6.07) is 3.34. The van der Waals surface area contributed by atoms with Crippen molar-refractivity contribution in [3.05, 3.63) is 35.4 Å². The summed E-state index contributed by atoms with van der Waals surface area (Å²) < 4.78 is 31.4.